The second kappa shape index (κ2) is 6.50. The summed E-state index contributed by atoms with van der Waals surface area (Å²) in [6.07, 6.45) is 3.46. The van der Waals surface area contributed by atoms with Gasteiger partial charge in [-0.3, -0.25) is 4.90 Å². The van der Waals surface area contributed by atoms with Gasteiger partial charge in [0.15, 0.2) is 0 Å². The first-order chi connectivity index (χ1) is 9.72. The van der Waals surface area contributed by atoms with E-state index in [9.17, 15) is 8.78 Å². The summed E-state index contributed by atoms with van der Waals surface area (Å²) >= 11 is 1.87. The highest BCUT2D eigenvalue weighted by atomic mass is 32.1. The summed E-state index contributed by atoms with van der Waals surface area (Å²) in [7, 11) is 0. The number of aryl methyl sites for hydroxylation is 1. The number of fused-ring (bicyclic) bond motifs is 1. The van der Waals surface area contributed by atoms with Gasteiger partial charge in [0.1, 0.15) is 0 Å². The molecular weight excluding hydrogens is 278 g/mol. The first kappa shape index (κ1) is 14.4. The molecule has 1 saturated heterocycles. The monoisotopic (exact) mass is 300 g/mol. The maximum absolute atomic E-state index is 12.4. The number of hydrogen-bond acceptors (Lipinski definition) is 3. The summed E-state index contributed by atoms with van der Waals surface area (Å²) in [6.45, 7) is 1.53. The summed E-state index contributed by atoms with van der Waals surface area (Å²) in [5.41, 5.74) is 1.48. The lowest BCUT2D eigenvalue weighted by Gasteiger charge is -2.35. The number of likely N-dealkylation sites (tertiary alicyclic amines) is 1. The molecule has 20 heavy (non-hydrogen) atoms. The number of nitrogens with one attached hydrogen (secondary N) is 1. The van der Waals surface area contributed by atoms with Crippen LogP contribution in [0.25, 0.3) is 0 Å². The average molecular weight is 300 g/mol. The van der Waals surface area contributed by atoms with Crippen molar-refractivity contribution in [2.24, 2.45) is 0 Å². The third kappa shape index (κ3) is 3.38. The molecule has 2 heterocycles. The zero-order chi connectivity index (χ0) is 13.9. The molecule has 2 nitrogen and oxygen atoms in total. The van der Waals surface area contributed by atoms with Crippen molar-refractivity contribution in [1.82, 2.24) is 10.2 Å². The van der Waals surface area contributed by atoms with Crippen molar-refractivity contribution in [3.05, 3.63) is 21.9 Å². The van der Waals surface area contributed by atoms with Crippen LogP contribution >= 0.6 is 11.3 Å². The molecule has 0 aromatic carbocycles. The normalized spacial score (nSPS) is 25.1. The van der Waals surface area contributed by atoms with Crippen LogP contribution in [-0.2, 0) is 6.42 Å². The van der Waals surface area contributed by atoms with Gasteiger partial charge in [0.25, 0.3) is 6.43 Å². The highest BCUT2D eigenvalue weighted by Gasteiger charge is 2.26. The third-order valence-corrected chi connectivity index (χ3v) is 5.47. The van der Waals surface area contributed by atoms with E-state index in [0.717, 1.165) is 25.9 Å². The third-order valence-electron chi connectivity index (χ3n) is 4.47. The summed E-state index contributed by atoms with van der Waals surface area (Å²) < 4.78 is 24.7. The molecule has 1 fully saturated rings. The van der Waals surface area contributed by atoms with Crippen LogP contribution in [-0.4, -0.2) is 37.0 Å². The first-order valence-corrected chi connectivity index (χ1v) is 8.43. The number of hydrogen-bond donors (Lipinski definition) is 1. The largest absolute Gasteiger partial charge is 0.307 e. The van der Waals surface area contributed by atoms with Gasteiger partial charge in [-0.1, -0.05) is 0 Å². The number of rotatable bonds is 4. The van der Waals surface area contributed by atoms with E-state index in [-0.39, 0.29) is 6.54 Å². The van der Waals surface area contributed by atoms with Gasteiger partial charge in [-0.15, -0.1) is 11.3 Å². The van der Waals surface area contributed by atoms with Crippen molar-refractivity contribution in [3.63, 3.8) is 0 Å². The molecule has 0 amide bonds. The Morgan fingerprint density at radius 2 is 2.10 bits per heavy atom. The number of thiophene rings is 1. The Kier molecular flexibility index (Phi) is 4.68. The Morgan fingerprint density at radius 1 is 1.30 bits per heavy atom. The molecule has 1 aromatic rings. The smallest absolute Gasteiger partial charge is 0.251 e. The summed E-state index contributed by atoms with van der Waals surface area (Å²) in [5.74, 6) is 0. The lowest BCUT2D eigenvalue weighted by atomic mass is 9.92. The van der Waals surface area contributed by atoms with Crippen LogP contribution < -0.4 is 5.32 Å². The summed E-state index contributed by atoms with van der Waals surface area (Å²) in [5, 5.41) is 5.96. The maximum Gasteiger partial charge on any atom is 0.251 e. The van der Waals surface area contributed by atoms with Crippen molar-refractivity contribution in [1.29, 1.82) is 0 Å². The van der Waals surface area contributed by atoms with Crippen LogP contribution in [0.5, 0.6) is 0 Å². The Hall–Kier alpha value is -0.520. The van der Waals surface area contributed by atoms with Gasteiger partial charge in [-0.05, 0) is 62.2 Å². The van der Waals surface area contributed by atoms with Gasteiger partial charge in [0.2, 0.25) is 0 Å². The minimum absolute atomic E-state index is 0.0647. The van der Waals surface area contributed by atoms with Gasteiger partial charge < -0.3 is 5.32 Å². The summed E-state index contributed by atoms with van der Waals surface area (Å²) in [4.78, 5) is 3.42. The maximum atomic E-state index is 12.4. The van der Waals surface area contributed by atoms with E-state index in [2.05, 4.69) is 16.8 Å². The Bertz CT molecular complexity index is 427. The lowest BCUT2D eigenvalue weighted by Crippen LogP contribution is -2.45. The predicted molar refractivity (Wildman–Crippen MR) is 78.6 cm³/mol. The Labute approximate surface area is 123 Å². The van der Waals surface area contributed by atoms with Crippen LogP contribution in [0.1, 0.15) is 42.2 Å². The number of nitrogens with zero attached hydrogens (tertiary/aromatic N) is 1. The van der Waals surface area contributed by atoms with Crippen molar-refractivity contribution in [2.75, 3.05) is 19.6 Å². The minimum Gasteiger partial charge on any atom is -0.307 e. The van der Waals surface area contributed by atoms with Gasteiger partial charge in [0.05, 0.1) is 6.54 Å². The average Bonchev–Trinajstić information content (AvgIpc) is 2.90. The molecule has 1 atom stereocenters. The molecule has 0 unspecified atom stereocenters. The number of alkyl halides is 2. The molecule has 1 N–H and O–H groups in total. The highest BCUT2D eigenvalue weighted by Crippen LogP contribution is 2.34. The molecule has 0 spiro atoms. The zero-order valence-electron chi connectivity index (χ0n) is 11.7. The first-order valence-electron chi connectivity index (χ1n) is 7.55. The number of piperidine rings is 1. The molecule has 112 valence electrons. The SMILES string of the molecule is FC(F)CN1CCC(N[C@H]2CCCc3sccc32)CC1. The standard InChI is InChI=1S/C15H22F2N2S/c16-15(17)10-19-7-4-11(5-8-19)18-13-2-1-3-14-12(13)6-9-20-14/h6,9,11,13,15,18H,1-5,7-8,10H2/t13-/m0/s1. The fourth-order valence-electron chi connectivity index (χ4n) is 3.42. The van der Waals surface area contributed by atoms with Crippen molar-refractivity contribution >= 4 is 11.3 Å². The van der Waals surface area contributed by atoms with E-state index in [4.69, 9.17) is 0 Å². The quantitative estimate of drug-likeness (QED) is 0.916. The van der Waals surface area contributed by atoms with Crippen LogP contribution in [0.3, 0.4) is 0 Å². The molecule has 5 heteroatoms. The molecule has 0 bridgehead atoms. The Morgan fingerprint density at radius 3 is 2.85 bits per heavy atom. The lowest BCUT2D eigenvalue weighted by molar-refractivity contribution is 0.0718. The van der Waals surface area contributed by atoms with E-state index in [1.807, 2.05) is 16.2 Å². The van der Waals surface area contributed by atoms with E-state index >= 15 is 0 Å². The fraction of sp³-hybridized carbons (Fsp3) is 0.733. The molecule has 3 rings (SSSR count). The minimum atomic E-state index is -2.20. The Balaban J connectivity index is 1.51. The summed E-state index contributed by atoms with van der Waals surface area (Å²) in [6, 6.07) is 3.22. The topological polar surface area (TPSA) is 15.3 Å². The van der Waals surface area contributed by atoms with Gasteiger partial charge in [-0.25, -0.2) is 8.78 Å². The predicted octanol–water partition coefficient (Wildman–Crippen LogP) is 3.44. The molecule has 0 radical (unpaired) electrons. The van der Waals surface area contributed by atoms with E-state index < -0.39 is 6.43 Å². The van der Waals surface area contributed by atoms with Crippen LogP contribution in [0.15, 0.2) is 11.4 Å². The second-order valence-electron chi connectivity index (χ2n) is 5.88. The van der Waals surface area contributed by atoms with Gasteiger partial charge in [0, 0.05) is 17.0 Å². The molecule has 2 aliphatic rings. The van der Waals surface area contributed by atoms with Crippen LogP contribution in [0.4, 0.5) is 8.78 Å². The second-order valence-corrected chi connectivity index (χ2v) is 6.88. The van der Waals surface area contributed by atoms with Crippen LogP contribution in [0.2, 0.25) is 0 Å². The highest BCUT2D eigenvalue weighted by molar-refractivity contribution is 7.10. The number of halogens is 2. The fourth-order valence-corrected chi connectivity index (χ4v) is 4.41. The van der Waals surface area contributed by atoms with E-state index in [1.54, 1.807) is 0 Å². The van der Waals surface area contributed by atoms with E-state index in [0.29, 0.717) is 12.1 Å². The van der Waals surface area contributed by atoms with Crippen molar-refractivity contribution in [3.8, 4) is 0 Å². The zero-order valence-corrected chi connectivity index (χ0v) is 12.5. The molecule has 1 aliphatic heterocycles. The van der Waals surface area contributed by atoms with Gasteiger partial charge in [-0.2, -0.15) is 0 Å². The molecule has 1 aromatic heterocycles. The van der Waals surface area contributed by atoms with Crippen molar-refractivity contribution < 1.29 is 8.78 Å². The molecular formula is C15H22F2N2S. The molecule has 1 aliphatic carbocycles. The van der Waals surface area contributed by atoms with Gasteiger partial charge >= 0.3 is 0 Å². The van der Waals surface area contributed by atoms with Crippen LogP contribution in [0, 0.1) is 0 Å². The van der Waals surface area contributed by atoms with E-state index in [1.165, 1.54) is 29.7 Å². The van der Waals surface area contributed by atoms with Crippen molar-refractivity contribution in [2.45, 2.75) is 50.6 Å². The molecule has 0 saturated carbocycles.